The van der Waals surface area contributed by atoms with E-state index in [0.29, 0.717) is 16.8 Å². The van der Waals surface area contributed by atoms with E-state index >= 15 is 0 Å². The van der Waals surface area contributed by atoms with Crippen LogP contribution < -0.4 is 10.6 Å². The molecule has 6 nitrogen and oxygen atoms in total. The molecule has 0 saturated heterocycles. The molecule has 0 bridgehead atoms. The van der Waals surface area contributed by atoms with Crippen molar-refractivity contribution < 1.29 is 18.7 Å². The van der Waals surface area contributed by atoms with E-state index in [1.54, 1.807) is 24.3 Å². The molecule has 3 rings (SSSR count). The summed E-state index contributed by atoms with van der Waals surface area (Å²) in [7, 11) is 0. The number of ether oxygens (including phenoxy) is 1. The van der Waals surface area contributed by atoms with Crippen molar-refractivity contribution in [3.63, 3.8) is 0 Å². The molecule has 2 amide bonds. The number of halogens is 1. The molecule has 1 aliphatic carbocycles. The Bertz CT molecular complexity index is 885. The zero-order valence-corrected chi connectivity index (χ0v) is 17.6. The smallest absolute Gasteiger partial charge is 0.407 e. The van der Waals surface area contributed by atoms with Gasteiger partial charge < -0.3 is 15.4 Å². The predicted molar refractivity (Wildman–Crippen MR) is 113 cm³/mol. The van der Waals surface area contributed by atoms with Gasteiger partial charge in [0.2, 0.25) is 0 Å². The Labute approximate surface area is 176 Å². The summed E-state index contributed by atoms with van der Waals surface area (Å²) in [6.07, 6.45) is 4.22. The van der Waals surface area contributed by atoms with Crippen molar-refractivity contribution in [3.05, 3.63) is 54.0 Å². The first kappa shape index (κ1) is 21.7. The van der Waals surface area contributed by atoms with Crippen molar-refractivity contribution >= 4 is 12.0 Å². The first-order chi connectivity index (χ1) is 14.2. The summed E-state index contributed by atoms with van der Waals surface area (Å²) < 4.78 is 18.7. The van der Waals surface area contributed by atoms with Gasteiger partial charge in [0.25, 0.3) is 5.91 Å². The number of nitrogens with one attached hydrogen (secondary N) is 2. The van der Waals surface area contributed by atoms with E-state index in [2.05, 4.69) is 15.6 Å². The molecular formula is C23H28FN3O3. The lowest BCUT2D eigenvalue weighted by Crippen LogP contribution is -2.45. The lowest BCUT2D eigenvalue weighted by atomic mass is 9.91. The van der Waals surface area contributed by atoms with Crippen molar-refractivity contribution in [1.29, 1.82) is 0 Å². The molecule has 1 heterocycles. The van der Waals surface area contributed by atoms with E-state index in [4.69, 9.17) is 4.74 Å². The van der Waals surface area contributed by atoms with Crippen LogP contribution in [0.1, 0.15) is 56.8 Å². The molecule has 1 aromatic carbocycles. The lowest BCUT2D eigenvalue weighted by molar-refractivity contribution is 0.0488. The lowest BCUT2D eigenvalue weighted by Gasteiger charge is -2.30. The molecule has 160 valence electrons. The number of benzene rings is 1. The second-order valence-corrected chi connectivity index (χ2v) is 8.61. The molecule has 2 aromatic rings. The Balaban J connectivity index is 1.48. The van der Waals surface area contributed by atoms with E-state index in [1.165, 1.54) is 18.3 Å². The quantitative estimate of drug-likeness (QED) is 0.776. The first-order valence-corrected chi connectivity index (χ1v) is 10.2. The third-order valence-corrected chi connectivity index (χ3v) is 4.93. The summed E-state index contributed by atoms with van der Waals surface area (Å²) in [6, 6.07) is 9.70. The van der Waals surface area contributed by atoms with Crippen LogP contribution in [0.25, 0.3) is 11.3 Å². The maximum atomic E-state index is 13.4. The monoisotopic (exact) mass is 413 g/mol. The summed E-state index contributed by atoms with van der Waals surface area (Å²) in [5, 5.41) is 5.93. The Kier molecular flexibility index (Phi) is 6.70. The highest BCUT2D eigenvalue weighted by Gasteiger charge is 2.25. The molecular weight excluding hydrogens is 385 g/mol. The molecule has 30 heavy (non-hydrogen) atoms. The highest BCUT2D eigenvalue weighted by molar-refractivity contribution is 5.94. The van der Waals surface area contributed by atoms with E-state index in [9.17, 15) is 14.0 Å². The average Bonchev–Trinajstić information content (AvgIpc) is 2.68. The van der Waals surface area contributed by atoms with Crippen molar-refractivity contribution in [2.45, 2.75) is 64.1 Å². The second kappa shape index (κ2) is 9.24. The maximum Gasteiger partial charge on any atom is 0.407 e. The van der Waals surface area contributed by atoms with E-state index in [0.717, 1.165) is 25.7 Å². The summed E-state index contributed by atoms with van der Waals surface area (Å²) in [5.41, 5.74) is 1.22. The van der Waals surface area contributed by atoms with Gasteiger partial charge in [0.15, 0.2) is 0 Å². The molecule has 0 spiro atoms. The summed E-state index contributed by atoms with van der Waals surface area (Å²) in [4.78, 5) is 28.7. The van der Waals surface area contributed by atoms with E-state index < -0.39 is 11.7 Å². The number of rotatable bonds is 4. The fraction of sp³-hybridized carbons (Fsp3) is 0.435. The number of pyridine rings is 1. The van der Waals surface area contributed by atoms with Crippen molar-refractivity contribution in [1.82, 2.24) is 15.6 Å². The van der Waals surface area contributed by atoms with Gasteiger partial charge in [-0.1, -0.05) is 12.1 Å². The number of carbonyl (C=O) groups excluding carboxylic acids is 2. The minimum absolute atomic E-state index is 0.0529. The van der Waals surface area contributed by atoms with Gasteiger partial charge in [-0.3, -0.25) is 9.78 Å². The van der Waals surface area contributed by atoms with Gasteiger partial charge in [-0.05, 0) is 70.7 Å². The standard InChI is InChI=1S/C23H28FN3O3/c1-23(2,3)30-22(29)27-19-10-8-18(9-11-19)26-21(28)16-7-12-20(25-14-16)15-5-4-6-17(24)13-15/h4-7,12-14,18-19H,8-11H2,1-3H3,(H,26,28)(H,27,29). The largest absolute Gasteiger partial charge is 0.444 e. The number of hydrogen-bond donors (Lipinski definition) is 2. The predicted octanol–water partition coefficient (Wildman–Crippen LogP) is 4.45. The summed E-state index contributed by atoms with van der Waals surface area (Å²) in [6.45, 7) is 5.50. The summed E-state index contributed by atoms with van der Waals surface area (Å²) >= 11 is 0. The topological polar surface area (TPSA) is 80.3 Å². The normalized spacial score (nSPS) is 19.1. The molecule has 1 aliphatic rings. The number of aromatic nitrogens is 1. The number of carbonyl (C=O) groups is 2. The molecule has 0 aliphatic heterocycles. The number of amides is 2. The van der Waals surface area contributed by atoms with Crippen LogP contribution in [0.15, 0.2) is 42.6 Å². The van der Waals surface area contributed by atoms with Crippen LogP contribution in [0.2, 0.25) is 0 Å². The SMILES string of the molecule is CC(C)(C)OC(=O)NC1CCC(NC(=O)c2ccc(-c3cccc(F)c3)nc2)CC1. The fourth-order valence-corrected chi connectivity index (χ4v) is 3.47. The van der Waals surface area contributed by atoms with Crippen LogP contribution in [0.5, 0.6) is 0 Å². The zero-order chi connectivity index (χ0) is 21.7. The molecule has 1 saturated carbocycles. The molecule has 1 aromatic heterocycles. The fourth-order valence-electron chi connectivity index (χ4n) is 3.47. The molecule has 0 atom stereocenters. The second-order valence-electron chi connectivity index (χ2n) is 8.61. The average molecular weight is 413 g/mol. The maximum absolute atomic E-state index is 13.4. The minimum Gasteiger partial charge on any atom is -0.444 e. The van der Waals surface area contributed by atoms with Crippen LogP contribution in [0, 0.1) is 5.82 Å². The Morgan fingerprint density at radius 1 is 1.03 bits per heavy atom. The minimum atomic E-state index is -0.520. The molecule has 1 fully saturated rings. The van der Waals surface area contributed by atoms with E-state index in [-0.39, 0.29) is 23.8 Å². The van der Waals surface area contributed by atoms with Gasteiger partial charge in [0.05, 0.1) is 11.3 Å². The van der Waals surface area contributed by atoms with Gasteiger partial charge in [-0.15, -0.1) is 0 Å². The van der Waals surface area contributed by atoms with Crippen molar-refractivity contribution in [2.24, 2.45) is 0 Å². The molecule has 2 N–H and O–H groups in total. The summed E-state index contributed by atoms with van der Waals surface area (Å²) in [5.74, 6) is -0.510. The van der Waals surface area contributed by atoms with Crippen LogP contribution in [-0.2, 0) is 4.74 Å². The van der Waals surface area contributed by atoms with Crippen LogP contribution in [0.3, 0.4) is 0 Å². The highest BCUT2D eigenvalue weighted by Crippen LogP contribution is 2.21. The van der Waals surface area contributed by atoms with Crippen LogP contribution in [-0.4, -0.2) is 34.7 Å². The Morgan fingerprint density at radius 2 is 1.70 bits per heavy atom. The van der Waals surface area contributed by atoms with Gasteiger partial charge in [-0.2, -0.15) is 0 Å². The van der Waals surface area contributed by atoms with Crippen LogP contribution in [0.4, 0.5) is 9.18 Å². The number of hydrogen-bond acceptors (Lipinski definition) is 4. The van der Waals surface area contributed by atoms with Gasteiger partial charge in [0, 0.05) is 23.8 Å². The molecule has 7 heteroatoms. The highest BCUT2D eigenvalue weighted by atomic mass is 19.1. The third kappa shape index (κ3) is 6.27. The zero-order valence-electron chi connectivity index (χ0n) is 17.6. The number of alkyl carbamates (subject to hydrolysis) is 1. The van der Waals surface area contributed by atoms with Crippen molar-refractivity contribution in [3.8, 4) is 11.3 Å². The number of nitrogens with zero attached hydrogens (tertiary/aromatic N) is 1. The van der Waals surface area contributed by atoms with Gasteiger partial charge >= 0.3 is 6.09 Å². The first-order valence-electron chi connectivity index (χ1n) is 10.2. The third-order valence-electron chi connectivity index (χ3n) is 4.93. The van der Waals surface area contributed by atoms with Crippen LogP contribution >= 0.6 is 0 Å². The Hall–Kier alpha value is -2.96. The molecule has 0 radical (unpaired) electrons. The van der Waals surface area contributed by atoms with E-state index in [1.807, 2.05) is 20.8 Å². The van der Waals surface area contributed by atoms with Gasteiger partial charge in [-0.25, -0.2) is 9.18 Å². The Morgan fingerprint density at radius 3 is 2.27 bits per heavy atom. The van der Waals surface area contributed by atoms with Gasteiger partial charge in [0.1, 0.15) is 11.4 Å². The van der Waals surface area contributed by atoms with Crippen molar-refractivity contribution in [2.75, 3.05) is 0 Å². The molecule has 0 unspecified atom stereocenters.